The molecule has 0 spiro atoms. The Morgan fingerprint density at radius 1 is 1.46 bits per heavy atom. The second kappa shape index (κ2) is 5.70. The number of aliphatic hydroxyl groups excluding tert-OH is 1. The van der Waals surface area contributed by atoms with Crippen LogP contribution in [0.4, 0.5) is 0 Å². The molecule has 0 saturated heterocycles. The van der Waals surface area contributed by atoms with Gasteiger partial charge < -0.3 is 5.11 Å². The standard InChI is InChI=1S/C9H17N3O/c1-2-3-4-5-6-8(13)9-10-7-11-12-9/h7-8,13H,2-6H2,1H3,(H,10,11,12). The van der Waals surface area contributed by atoms with Crippen molar-refractivity contribution >= 4 is 0 Å². The zero-order chi connectivity index (χ0) is 9.52. The highest BCUT2D eigenvalue weighted by Crippen LogP contribution is 2.15. The molecular formula is C9H17N3O. The highest BCUT2D eigenvalue weighted by Gasteiger charge is 2.08. The Labute approximate surface area is 78.4 Å². The largest absolute Gasteiger partial charge is 0.385 e. The maximum atomic E-state index is 9.57. The van der Waals surface area contributed by atoms with E-state index in [1.807, 2.05) is 0 Å². The molecule has 1 aromatic rings. The van der Waals surface area contributed by atoms with E-state index in [2.05, 4.69) is 22.1 Å². The molecule has 4 nitrogen and oxygen atoms in total. The Kier molecular flexibility index (Phi) is 4.46. The van der Waals surface area contributed by atoms with Crippen molar-refractivity contribution in [3.63, 3.8) is 0 Å². The molecule has 1 heterocycles. The fraction of sp³-hybridized carbons (Fsp3) is 0.778. The van der Waals surface area contributed by atoms with Crippen molar-refractivity contribution in [3.05, 3.63) is 12.2 Å². The molecule has 1 rings (SSSR count). The molecule has 0 fully saturated rings. The van der Waals surface area contributed by atoms with Gasteiger partial charge in [0.1, 0.15) is 12.4 Å². The first-order valence-electron chi connectivity index (χ1n) is 4.88. The van der Waals surface area contributed by atoms with Gasteiger partial charge in [0.15, 0.2) is 5.82 Å². The fourth-order valence-corrected chi connectivity index (χ4v) is 1.28. The third kappa shape index (κ3) is 3.55. The molecule has 2 N–H and O–H groups in total. The predicted octanol–water partition coefficient (Wildman–Crippen LogP) is 1.81. The third-order valence-corrected chi connectivity index (χ3v) is 2.08. The number of aromatic amines is 1. The molecule has 0 aliphatic rings. The van der Waals surface area contributed by atoms with E-state index >= 15 is 0 Å². The first-order chi connectivity index (χ1) is 6.34. The lowest BCUT2D eigenvalue weighted by atomic mass is 10.1. The lowest BCUT2D eigenvalue weighted by Crippen LogP contribution is -1.99. The number of hydrogen-bond acceptors (Lipinski definition) is 3. The van der Waals surface area contributed by atoms with Crippen molar-refractivity contribution < 1.29 is 5.11 Å². The Morgan fingerprint density at radius 2 is 2.31 bits per heavy atom. The van der Waals surface area contributed by atoms with E-state index in [1.54, 1.807) is 0 Å². The van der Waals surface area contributed by atoms with Gasteiger partial charge in [0.2, 0.25) is 0 Å². The van der Waals surface area contributed by atoms with Crippen LogP contribution in [0.5, 0.6) is 0 Å². The van der Waals surface area contributed by atoms with Crippen molar-refractivity contribution in [2.75, 3.05) is 0 Å². The van der Waals surface area contributed by atoms with Crippen LogP contribution >= 0.6 is 0 Å². The number of unbranched alkanes of at least 4 members (excludes halogenated alkanes) is 3. The van der Waals surface area contributed by atoms with Crippen molar-refractivity contribution in [3.8, 4) is 0 Å². The molecule has 0 aliphatic carbocycles. The summed E-state index contributed by atoms with van der Waals surface area (Å²) in [6.07, 6.45) is 6.41. The molecule has 0 aliphatic heterocycles. The Hall–Kier alpha value is -0.900. The zero-order valence-electron chi connectivity index (χ0n) is 8.03. The number of H-pyrrole nitrogens is 1. The summed E-state index contributed by atoms with van der Waals surface area (Å²) < 4.78 is 0. The normalized spacial score (nSPS) is 13.1. The second-order valence-corrected chi connectivity index (χ2v) is 3.24. The van der Waals surface area contributed by atoms with Gasteiger partial charge in [-0.15, -0.1) is 0 Å². The van der Waals surface area contributed by atoms with Crippen LogP contribution in [0, 0.1) is 0 Å². The quantitative estimate of drug-likeness (QED) is 0.661. The van der Waals surface area contributed by atoms with E-state index in [-0.39, 0.29) is 0 Å². The van der Waals surface area contributed by atoms with Crippen molar-refractivity contribution in [1.82, 2.24) is 15.2 Å². The minimum Gasteiger partial charge on any atom is -0.385 e. The van der Waals surface area contributed by atoms with Gasteiger partial charge >= 0.3 is 0 Å². The summed E-state index contributed by atoms with van der Waals surface area (Å²) in [5.74, 6) is 0.580. The molecule has 0 radical (unpaired) electrons. The van der Waals surface area contributed by atoms with E-state index in [0.29, 0.717) is 5.82 Å². The van der Waals surface area contributed by atoms with Crippen molar-refractivity contribution in [2.24, 2.45) is 0 Å². The van der Waals surface area contributed by atoms with Crippen LogP contribution in [0.15, 0.2) is 6.33 Å². The van der Waals surface area contributed by atoms with Gasteiger partial charge in [-0.3, -0.25) is 5.10 Å². The SMILES string of the molecule is CCCCCCC(O)c1ncn[nH]1. The molecule has 4 heteroatoms. The van der Waals surface area contributed by atoms with E-state index < -0.39 is 6.10 Å². The van der Waals surface area contributed by atoms with Gasteiger partial charge in [-0.2, -0.15) is 5.10 Å². The van der Waals surface area contributed by atoms with Crippen LogP contribution in [0.3, 0.4) is 0 Å². The number of aliphatic hydroxyl groups is 1. The summed E-state index contributed by atoms with van der Waals surface area (Å²) in [6, 6.07) is 0. The molecule has 13 heavy (non-hydrogen) atoms. The third-order valence-electron chi connectivity index (χ3n) is 2.08. The lowest BCUT2D eigenvalue weighted by molar-refractivity contribution is 0.154. The summed E-state index contributed by atoms with van der Waals surface area (Å²) in [6.45, 7) is 2.17. The molecule has 1 aromatic heterocycles. The lowest BCUT2D eigenvalue weighted by Gasteiger charge is -2.05. The van der Waals surface area contributed by atoms with E-state index in [9.17, 15) is 5.11 Å². The predicted molar refractivity (Wildman–Crippen MR) is 50.1 cm³/mol. The zero-order valence-corrected chi connectivity index (χ0v) is 8.03. The number of rotatable bonds is 6. The first-order valence-corrected chi connectivity index (χ1v) is 4.88. The Bertz CT molecular complexity index is 211. The first kappa shape index (κ1) is 10.2. The van der Waals surface area contributed by atoms with Crippen molar-refractivity contribution in [1.29, 1.82) is 0 Å². The number of nitrogens with one attached hydrogen (secondary N) is 1. The van der Waals surface area contributed by atoms with Gasteiger partial charge in [-0.05, 0) is 6.42 Å². The summed E-state index contributed by atoms with van der Waals surface area (Å²) in [4.78, 5) is 3.90. The van der Waals surface area contributed by atoms with Crippen LogP contribution in [0.2, 0.25) is 0 Å². The van der Waals surface area contributed by atoms with E-state index in [1.165, 1.54) is 25.6 Å². The van der Waals surface area contributed by atoms with Crippen LogP contribution < -0.4 is 0 Å². The molecule has 0 bridgehead atoms. The van der Waals surface area contributed by atoms with Crippen LogP contribution in [0.25, 0.3) is 0 Å². The van der Waals surface area contributed by atoms with Crippen LogP contribution in [-0.2, 0) is 0 Å². The summed E-state index contributed by atoms with van der Waals surface area (Å²) >= 11 is 0. The number of hydrogen-bond donors (Lipinski definition) is 2. The highest BCUT2D eigenvalue weighted by atomic mass is 16.3. The van der Waals surface area contributed by atoms with Gasteiger partial charge in [-0.1, -0.05) is 32.6 Å². The van der Waals surface area contributed by atoms with E-state index in [0.717, 1.165) is 12.8 Å². The highest BCUT2D eigenvalue weighted by molar-refractivity contribution is 4.85. The maximum absolute atomic E-state index is 9.57. The van der Waals surface area contributed by atoms with Gasteiger partial charge in [0.25, 0.3) is 0 Å². The average Bonchev–Trinajstić information content (AvgIpc) is 2.65. The fourth-order valence-electron chi connectivity index (χ4n) is 1.28. The van der Waals surface area contributed by atoms with Gasteiger partial charge in [0.05, 0.1) is 0 Å². The summed E-state index contributed by atoms with van der Waals surface area (Å²) in [7, 11) is 0. The van der Waals surface area contributed by atoms with Crippen molar-refractivity contribution in [2.45, 2.75) is 45.1 Å². The van der Waals surface area contributed by atoms with Gasteiger partial charge in [-0.25, -0.2) is 4.98 Å². The average molecular weight is 183 g/mol. The summed E-state index contributed by atoms with van der Waals surface area (Å²) in [5.41, 5.74) is 0. The Balaban J connectivity index is 2.15. The number of nitrogens with zero attached hydrogens (tertiary/aromatic N) is 2. The molecule has 0 aromatic carbocycles. The minimum absolute atomic E-state index is 0.473. The molecule has 74 valence electrons. The maximum Gasteiger partial charge on any atom is 0.153 e. The molecule has 0 saturated carbocycles. The monoisotopic (exact) mass is 183 g/mol. The molecule has 1 unspecified atom stereocenters. The summed E-state index contributed by atoms with van der Waals surface area (Å²) in [5, 5.41) is 15.9. The molecule has 1 atom stereocenters. The number of aromatic nitrogens is 3. The van der Waals surface area contributed by atoms with E-state index in [4.69, 9.17) is 0 Å². The molecular weight excluding hydrogens is 166 g/mol. The van der Waals surface area contributed by atoms with Crippen LogP contribution in [0.1, 0.15) is 51.0 Å². The smallest absolute Gasteiger partial charge is 0.153 e. The van der Waals surface area contributed by atoms with Crippen LogP contribution in [-0.4, -0.2) is 20.3 Å². The second-order valence-electron chi connectivity index (χ2n) is 3.24. The minimum atomic E-state index is -0.473. The Morgan fingerprint density at radius 3 is 2.92 bits per heavy atom. The molecule has 0 amide bonds. The topological polar surface area (TPSA) is 61.8 Å². The van der Waals surface area contributed by atoms with Gasteiger partial charge in [0, 0.05) is 0 Å².